The zero-order chi connectivity index (χ0) is 24.7. The molecule has 1 aromatic carbocycles. The van der Waals surface area contributed by atoms with Gasteiger partial charge in [0, 0.05) is 59.6 Å². The number of piperidine rings is 1. The molecule has 9 nitrogen and oxygen atoms in total. The van der Waals surface area contributed by atoms with Gasteiger partial charge in [-0.1, -0.05) is 36.7 Å². The fourth-order valence-electron chi connectivity index (χ4n) is 3.96. The van der Waals surface area contributed by atoms with E-state index in [1.54, 1.807) is 12.1 Å². The molecule has 1 saturated heterocycles. The molecule has 0 amide bonds. The number of ether oxygens (including phenoxy) is 1. The van der Waals surface area contributed by atoms with E-state index >= 15 is 0 Å². The molecule has 3 aromatic heterocycles. The minimum atomic E-state index is -3.35. The van der Waals surface area contributed by atoms with E-state index in [-0.39, 0.29) is 16.9 Å². The Labute approximate surface area is 212 Å². The second-order valence-electron chi connectivity index (χ2n) is 8.81. The third kappa shape index (κ3) is 4.85. The number of aromatic nitrogens is 4. The molecule has 1 aliphatic heterocycles. The Morgan fingerprint density at radius 1 is 1.20 bits per heavy atom. The molecule has 0 bridgehead atoms. The SMILES string of the molecule is CC(C)c1noc(N2CCC(Oc3ncnc4c(-c5ccc(S(C)(=O)=O)cc5Cl)csc34)CC2)n1. The maximum absolute atomic E-state index is 11.8. The zero-order valence-electron chi connectivity index (χ0n) is 19.4. The molecular weight excluding hydrogens is 510 g/mol. The van der Waals surface area contributed by atoms with E-state index in [0.29, 0.717) is 28.3 Å². The third-order valence-corrected chi connectivity index (χ3v) is 8.30. The molecule has 184 valence electrons. The quantitative estimate of drug-likeness (QED) is 0.339. The van der Waals surface area contributed by atoms with Crippen LogP contribution < -0.4 is 9.64 Å². The van der Waals surface area contributed by atoms with Crippen molar-refractivity contribution in [3.63, 3.8) is 0 Å². The second kappa shape index (κ2) is 9.36. The van der Waals surface area contributed by atoms with Crippen molar-refractivity contribution >= 4 is 49.0 Å². The van der Waals surface area contributed by atoms with Gasteiger partial charge in [-0.15, -0.1) is 11.3 Å². The van der Waals surface area contributed by atoms with Gasteiger partial charge in [0.15, 0.2) is 15.7 Å². The highest BCUT2D eigenvalue weighted by atomic mass is 35.5. The van der Waals surface area contributed by atoms with Crippen LogP contribution in [0.1, 0.15) is 38.4 Å². The lowest BCUT2D eigenvalue weighted by Crippen LogP contribution is -2.38. The van der Waals surface area contributed by atoms with Crippen LogP contribution in [-0.4, -0.2) is 54.0 Å². The second-order valence-corrected chi connectivity index (χ2v) is 12.1. The highest BCUT2D eigenvalue weighted by Crippen LogP contribution is 2.40. The summed E-state index contributed by atoms with van der Waals surface area (Å²) in [5.74, 6) is 1.46. The van der Waals surface area contributed by atoms with Crippen LogP contribution in [0.2, 0.25) is 5.02 Å². The number of anilines is 1. The van der Waals surface area contributed by atoms with Crippen LogP contribution in [0.15, 0.2) is 39.3 Å². The number of sulfone groups is 1. The van der Waals surface area contributed by atoms with Gasteiger partial charge in [-0.3, -0.25) is 0 Å². The fourth-order valence-corrected chi connectivity index (χ4v) is 5.91. The molecule has 0 radical (unpaired) electrons. The summed E-state index contributed by atoms with van der Waals surface area (Å²) < 4.78 is 36.2. The molecule has 0 unspecified atom stereocenters. The van der Waals surface area contributed by atoms with E-state index in [0.717, 1.165) is 48.0 Å². The topological polar surface area (TPSA) is 111 Å². The van der Waals surface area contributed by atoms with Crippen molar-refractivity contribution in [2.24, 2.45) is 0 Å². The smallest absolute Gasteiger partial charge is 0.324 e. The number of thiophene rings is 1. The highest BCUT2D eigenvalue weighted by Gasteiger charge is 2.26. The normalized spacial score (nSPS) is 15.3. The first-order chi connectivity index (χ1) is 16.7. The van der Waals surface area contributed by atoms with Crippen molar-refractivity contribution in [3.8, 4) is 17.0 Å². The summed E-state index contributed by atoms with van der Waals surface area (Å²) in [7, 11) is -3.35. The molecule has 12 heteroatoms. The van der Waals surface area contributed by atoms with Crippen molar-refractivity contribution in [2.45, 2.75) is 43.6 Å². The number of hydrogen-bond acceptors (Lipinski definition) is 10. The summed E-state index contributed by atoms with van der Waals surface area (Å²) in [6.07, 6.45) is 4.22. The monoisotopic (exact) mass is 533 g/mol. The average molecular weight is 534 g/mol. The van der Waals surface area contributed by atoms with E-state index in [2.05, 4.69) is 25.0 Å². The predicted molar refractivity (Wildman–Crippen MR) is 135 cm³/mol. The molecule has 1 aliphatic rings. The van der Waals surface area contributed by atoms with E-state index in [1.165, 1.54) is 23.7 Å². The highest BCUT2D eigenvalue weighted by molar-refractivity contribution is 7.90. The van der Waals surface area contributed by atoms with Gasteiger partial charge in [0.1, 0.15) is 17.1 Å². The number of halogens is 1. The minimum Gasteiger partial charge on any atom is -0.473 e. The molecule has 5 rings (SSSR count). The van der Waals surface area contributed by atoms with Crippen LogP contribution in [0.5, 0.6) is 5.88 Å². The van der Waals surface area contributed by atoms with Crippen molar-refractivity contribution in [2.75, 3.05) is 24.2 Å². The molecule has 35 heavy (non-hydrogen) atoms. The molecule has 1 fully saturated rings. The Kier molecular flexibility index (Phi) is 6.41. The van der Waals surface area contributed by atoms with Crippen molar-refractivity contribution < 1.29 is 17.7 Å². The molecule has 0 saturated carbocycles. The zero-order valence-corrected chi connectivity index (χ0v) is 21.8. The Hall–Kier alpha value is -2.76. The summed E-state index contributed by atoms with van der Waals surface area (Å²) >= 11 is 7.92. The van der Waals surface area contributed by atoms with Gasteiger partial charge in [0.2, 0.25) is 5.88 Å². The van der Waals surface area contributed by atoms with Crippen LogP contribution in [0, 0.1) is 0 Å². The van der Waals surface area contributed by atoms with Crippen molar-refractivity contribution in [3.05, 3.63) is 40.8 Å². The van der Waals surface area contributed by atoms with Crippen LogP contribution in [-0.2, 0) is 9.84 Å². The standard InChI is InChI=1S/C23H24ClN5O4S2/c1-13(2)21-27-23(33-28-21)29-8-6-14(7-9-29)32-22-20-19(25-12-26-22)17(11-34-20)16-5-4-15(10-18(16)24)35(3,30)31/h4-5,10-14H,6-9H2,1-3H3. The number of benzene rings is 1. The lowest BCUT2D eigenvalue weighted by atomic mass is 10.1. The lowest BCUT2D eigenvalue weighted by molar-refractivity contribution is 0.164. The molecule has 0 N–H and O–H groups in total. The summed E-state index contributed by atoms with van der Waals surface area (Å²) in [5.41, 5.74) is 2.25. The van der Waals surface area contributed by atoms with Gasteiger partial charge >= 0.3 is 6.01 Å². The molecule has 0 aliphatic carbocycles. The van der Waals surface area contributed by atoms with Gasteiger partial charge in [0.25, 0.3) is 0 Å². The van der Waals surface area contributed by atoms with E-state index in [1.807, 2.05) is 19.2 Å². The third-order valence-electron chi connectivity index (χ3n) is 5.92. The first-order valence-corrected chi connectivity index (χ1v) is 14.3. The fraction of sp³-hybridized carbons (Fsp3) is 0.391. The first kappa shape index (κ1) is 24.0. The number of hydrogen-bond donors (Lipinski definition) is 0. The van der Waals surface area contributed by atoms with Crippen LogP contribution >= 0.6 is 22.9 Å². The van der Waals surface area contributed by atoms with Gasteiger partial charge in [-0.05, 0) is 12.1 Å². The summed E-state index contributed by atoms with van der Waals surface area (Å²) in [6, 6.07) is 5.29. The van der Waals surface area contributed by atoms with Crippen LogP contribution in [0.4, 0.5) is 6.01 Å². The summed E-state index contributed by atoms with van der Waals surface area (Å²) in [4.78, 5) is 15.6. The Bertz CT molecular complexity index is 1480. The number of fused-ring (bicyclic) bond motifs is 1. The largest absolute Gasteiger partial charge is 0.473 e. The first-order valence-electron chi connectivity index (χ1n) is 11.2. The van der Waals surface area contributed by atoms with Gasteiger partial charge in [-0.25, -0.2) is 18.4 Å². The lowest BCUT2D eigenvalue weighted by Gasteiger charge is -2.30. The van der Waals surface area contributed by atoms with Gasteiger partial charge in [-0.2, -0.15) is 4.98 Å². The maximum Gasteiger partial charge on any atom is 0.324 e. The number of rotatable bonds is 6. The van der Waals surface area contributed by atoms with Crippen molar-refractivity contribution in [1.82, 2.24) is 20.1 Å². The molecule has 4 heterocycles. The Morgan fingerprint density at radius 2 is 1.97 bits per heavy atom. The Morgan fingerprint density at radius 3 is 2.63 bits per heavy atom. The summed E-state index contributed by atoms with van der Waals surface area (Å²) in [5, 5.41) is 6.34. The number of nitrogens with zero attached hydrogens (tertiary/aromatic N) is 5. The summed E-state index contributed by atoms with van der Waals surface area (Å²) in [6.45, 7) is 5.56. The van der Waals surface area contributed by atoms with E-state index in [9.17, 15) is 8.42 Å². The molecular formula is C23H24ClN5O4S2. The van der Waals surface area contributed by atoms with Gasteiger partial charge in [0.05, 0.1) is 10.4 Å². The molecule has 0 atom stereocenters. The van der Waals surface area contributed by atoms with E-state index < -0.39 is 9.84 Å². The Balaban J connectivity index is 1.33. The predicted octanol–water partition coefficient (Wildman–Crippen LogP) is 4.97. The van der Waals surface area contributed by atoms with E-state index in [4.69, 9.17) is 20.9 Å². The molecule has 4 aromatic rings. The molecule has 0 spiro atoms. The van der Waals surface area contributed by atoms with Crippen molar-refractivity contribution in [1.29, 1.82) is 0 Å². The van der Waals surface area contributed by atoms with Gasteiger partial charge < -0.3 is 14.2 Å². The average Bonchev–Trinajstić information content (AvgIpc) is 3.47. The maximum atomic E-state index is 11.8. The van der Waals surface area contributed by atoms with Crippen LogP contribution in [0.3, 0.4) is 0 Å². The minimum absolute atomic E-state index is 0.0000212. The van der Waals surface area contributed by atoms with Crippen LogP contribution in [0.25, 0.3) is 21.3 Å².